The largest absolute Gasteiger partial charge is 0.265 e. The van der Waals surface area contributed by atoms with Crippen molar-refractivity contribution in [3.05, 3.63) is 60.2 Å². The van der Waals surface area contributed by atoms with Gasteiger partial charge in [0.05, 0.1) is 0 Å². The summed E-state index contributed by atoms with van der Waals surface area (Å²) in [5.41, 5.74) is 2.86. The zero-order chi connectivity index (χ0) is 16.5. The molecule has 0 saturated carbocycles. The lowest BCUT2D eigenvalue weighted by Gasteiger charge is -2.20. The average Bonchev–Trinajstić information content (AvgIpc) is 2.61. The van der Waals surface area contributed by atoms with Crippen LogP contribution >= 0.6 is 0 Å². The van der Waals surface area contributed by atoms with Gasteiger partial charge >= 0.3 is 0 Å². The molecule has 124 valence electrons. The van der Waals surface area contributed by atoms with Crippen molar-refractivity contribution in [3.63, 3.8) is 0 Å². The van der Waals surface area contributed by atoms with Crippen molar-refractivity contribution in [3.8, 4) is 0 Å². The predicted molar refractivity (Wildman–Crippen MR) is 96.5 cm³/mol. The van der Waals surface area contributed by atoms with Gasteiger partial charge in [-0.1, -0.05) is 27.2 Å². The Kier molecular flexibility index (Phi) is 7.25. The first kappa shape index (κ1) is 17.7. The van der Waals surface area contributed by atoms with Crippen LogP contribution in [0.1, 0.15) is 75.8 Å². The fourth-order valence-electron chi connectivity index (χ4n) is 3.23. The Hall–Kier alpha value is -1.70. The summed E-state index contributed by atoms with van der Waals surface area (Å²) in [6, 6.07) is 8.92. The molecule has 0 aliphatic carbocycles. The molecule has 2 aromatic heterocycles. The third-order valence-corrected chi connectivity index (χ3v) is 4.81. The number of aryl methyl sites for hydroxylation is 1. The van der Waals surface area contributed by atoms with E-state index in [-0.39, 0.29) is 0 Å². The third kappa shape index (κ3) is 5.46. The summed E-state index contributed by atoms with van der Waals surface area (Å²) >= 11 is 0. The number of unbranched alkanes of at least 4 members (excludes halogenated alkanes) is 2. The molecule has 0 saturated heterocycles. The van der Waals surface area contributed by atoms with Crippen molar-refractivity contribution in [2.75, 3.05) is 0 Å². The normalized spacial score (nSPS) is 13.7. The first-order chi connectivity index (χ1) is 11.2. The van der Waals surface area contributed by atoms with E-state index < -0.39 is 0 Å². The van der Waals surface area contributed by atoms with Crippen LogP contribution in [0.15, 0.2) is 49.1 Å². The van der Waals surface area contributed by atoms with Gasteiger partial charge in [-0.05, 0) is 54.4 Å². The highest BCUT2D eigenvalue weighted by Crippen LogP contribution is 2.31. The highest BCUT2D eigenvalue weighted by atomic mass is 14.9. The van der Waals surface area contributed by atoms with Crippen LogP contribution in [-0.2, 0) is 6.54 Å². The minimum Gasteiger partial charge on any atom is -0.265 e. The Bertz CT molecular complexity index is 548. The van der Waals surface area contributed by atoms with Gasteiger partial charge in [0.1, 0.15) is 6.54 Å². The summed E-state index contributed by atoms with van der Waals surface area (Å²) in [6.07, 6.45) is 14.5. The maximum absolute atomic E-state index is 4.14. The topological polar surface area (TPSA) is 16.8 Å². The molecule has 0 radical (unpaired) electrons. The van der Waals surface area contributed by atoms with Crippen molar-refractivity contribution in [1.82, 2.24) is 4.98 Å². The van der Waals surface area contributed by atoms with Gasteiger partial charge in [0.25, 0.3) is 0 Å². The van der Waals surface area contributed by atoms with Crippen LogP contribution < -0.4 is 4.57 Å². The fourth-order valence-corrected chi connectivity index (χ4v) is 3.23. The number of hydrogen-bond donors (Lipinski definition) is 0. The zero-order valence-electron chi connectivity index (χ0n) is 14.9. The van der Waals surface area contributed by atoms with E-state index in [9.17, 15) is 0 Å². The zero-order valence-corrected chi connectivity index (χ0v) is 14.9. The van der Waals surface area contributed by atoms with Gasteiger partial charge in [-0.15, -0.1) is 0 Å². The second-order valence-corrected chi connectivity index (χ2v) is 6.60. The second-order valence-electron chi connectivity index (χ2n) is 6.60. The first-order valence-electron chi connectivity index (χ1n) is 9.13. The lowest BCUT2D eigenvalue weighted by Crippen LogP contribution is -2.32. The molecular formula is C21H31N2+. The fraction of sp³-hybridized carbons (Fsp3) is 0.524. The molecule has 2 aromatic rings. The molecule has 0 bridgehead atoms. The predicted octanol–water partition coefficient (Wildman–Crippen LogP) is 5.25. The van der Waals surface area contributed by atoms with Gasteiger partial charge in [-0.3, -0.25) is 4.98 Å². The van der Waals surface area contributed by atoms with Crippen LogP contribution in [0, 0.1) is 0 Å². The summed E-state index contributed by atoms with van der Waals surface area (Å²) in [7, 11) is 0. The van der Waals surface area contributed by atoms with E-state index in [1.165, 1.54) is 43.2 Å². The SMILES string of the molecule is CCCCC[n+]1ccc(C(C)CC(CC)c2ccncc2)cc1. The maximum Gasteiger partial charge on any atom is 0.169 e. The molecule has 2 unspecified atom stereocenters. The minimum atomic E-state index is 0.582. The van der Waals surface area contributed by atoms with E-state index in [1.54, 1.807) is 0 Å². The molecule has 2 atom stereocenters. The summed E-state index contributed by atoms with van der Waals surface area (Å²) < 4.78 is 2.31. The molecule has 0 N–H and O–H groups in total. The van der Waals surface area contributed by atoms with Gasteiger partial charge in [-0.25, -0.2) is 4.57 Å². The molecule has 2 heteroatoms. The van der Waals surface area contributed by atoms with E-state index in [2.05, 4.69) is 67.0 Å². The van der Waals surface area contributed by atoms with E-state index in [0.29, 0.717) is 11.8 Å². The van der Waals surface area contributed by atoms with Crippen LogP contribution in [0.2, 0.25) is 0 Å². The van der Waals surface area contributed by atoms with Gasteiger partial charge in [-0.2, -0.15) is 0 Å². The molecule has 2 nitrogen and oxygen atoms in total. The molecule has 23 heavy (non-hydrogen) atoms. The molecule has 2 rings (SSSR count). The van der Waals surface area contributed by atoms with Crippen LogP contribution in [0.4, 0.5) is 0 Å². The minimum absolute atomic E-state index is 0.582. The molecule has 0 aliphatic heterocycles. The summed E-state index contributed by atoms with van der Waals surface area (Å²) in [5, 5.41) is 0. The Balaban J connectivity index is 1.95. The lowest BCUT2D eigenvalue weighted by molar-refractivity contribution is -0.697. The van der Waals surface area contributed by atoms with Gasteiger partial charge in [0.15, 0.2) is 12.4 Å². The standard InChI is InChI=1S/C21H31N2/c1-4-6-7-14-23-15-10-20(11-16-23)18(3)17-19(5-2)21-8-12-22-13-9-21/h8-13,15-16,18-19H,4-7,14,17H2,1-3H3/q+1. The van der Waals surface area contributed by atoms with Crippen LogP contribution in [-0.4, -0.2) is 4.98 Å². The van der Waals surface area contributed by atoms with Gasteiger partial charge < -0.3 is 0 Å². The number of aromatic nitrogens is 2. The van der Waals surface area contributed by atoms with Crippen molar-refractivity contribution >= 4 is 0 Å². The molecule has 2 heterocycles. The summed E-state index contributed by atoms with van der Waals surface area (Å²) in [6.45, 7) is 8.02. The number of nitrogens with zero attached hydrogens (tertiary/aromatic N) is 2. The smallest absolute Gasteiger partial charge is 0.169 e. The number of hydrogen-bond acceptors (Lipinski definition) is 1. The summed E-state index contributed by atoms with van der Waals surface area (Å²) in [4.78, 5) is 4.14. The van der Waals surface area contributed by atoms with E-state index in [4.69, 9.17) is 0 Å². The molecule has 0 aliphatic rings. The van der Waals surface area contributed by atoms with Gasteiger partial charge in [0, 0.05) is 30.9 Å². The lowest BCUT2D eigenvalue weighted by atomic mass is 9.85. The Labute approximate surface area is 141 Å². The van der Waals surface area contributed by atoms with Gasteiger partial charge in [0.2, 0.25) is 0 Å². The molecular weight excluding hydrogens is 280 g/mol. The van der Waals surface area contributed by atoms with Crippen molar-refractivity contribution in [2.45, 2.75) is 71.3 Å². The van der Waals surface area contributed by atoms with Crippen LogP contribution in [0.3, 0.4) is 0 Å². The van der Waals surface area contributed by atoms with Crippen LogP contribution in [0.25, 0.3) is 0 Å². The molecule has 0 aromatic carbocycles. The monoisotopic (exact) mass is 311 g/mol. The van der Waals surface area contributed by atoms with Crippen molar-refractivity contribution in [1.29, 1.82) is 0 Å². The Morgan fingerprint density at radius 1 is 0.957 bits per heavy atom. The highest BCUT2D eigenvalue weighted by molar-refractivity contribution is 5.19. The second kappa shape index (κ2) is 9.44. The van der Waals surface area contributed by atoms with Crippen LogP contribution in [0.5, 0.6) is 0 Å². The maximum atomic E-state index is 4.14. The summed E-state index contributed by atoms with van der Waals surface area (Å²) in [5.74, 6) is 1.20. The first-order valence-corrected chi connectivity index (χ1v) is 9.13. The van der Waals surface area contributed by atoms with E-state index >= 15 is 0 Å². The number of pyridine rings is 2. The van der Waals surface area contributed by atoms with E-state index in [0.717, 1.165) is 6.54 Å². The highest BCUT2D eigenvalue weighted by Gasteiger charge is 2.16. The number of rotatable bonds is 9. The van der Waals surface area contributed by atoms with Crippen molar-refractivity contribution < 1.29 is 4.57 Å². The molecule has 0 fully saturated rings. The van der Waals surface area contributed by atoms with E-state index in [1.807, 2.05) is 12.4 Å². The Morgan fingerprint density at radius 3 is 2.26 bits per heavy atom. The molecule has 0 amide bonds. The van der Waals surface area contributed by atoms with Crippen molar-refractivity contribution in [2.24, 2.45) is 0 Å². The average molecular weight is 311 g/mol. The Morgan fingerprint density at radius 2 is 1.65 bits per heavy atom. The third-order valence-electron chi connectivity index (χ3n) is 4.81. The molecule has 0 spiro atoms. The quantitative estimate of drug-likeness (QED) is 0.457.